The van der Waals surface area contributed by atoms with E-state index in [0.29, 0.717) is 16.7 Å². The fourth-order valence-corrected chi connectivity index (χ4v) is 4.64. The highest BCUT2D eigenvalue weighted by molar-refractivity contribution is 7.99. The summed E-state index contributed by atoms with van der Waals surface area (Å²) >= 11 is 2.98. The molecule has 0 spiro atoms. The maximum Gasteiger partial charge on any atom is 0.233 e. The Bertz CT molecular complexity index is 1070. The van der Waals surface area contributed by atoms with Gasteiger partial charge in [-0.05, 0) is 31.2 Å². The topological polar surface area (TPSA) is 77.1 Å². The van der Waals surface area contributed by atoms with Gasteiger partial charge >= 0.3 is 0 Å². The molecular weight excluding hydrogens is 394 g/mol. The van der Waals surface area contributed by atoms with Crippen molar-refractivity contribution in [2.24, 2.45) is 7.05 Å². The zero-order valence-electron chi connectivity index (χ0n) is 15.7. The van der Waals surface area contributed by atoms with E-state index in [-0.39, 0.29) is 17.7 Å². The minimum absolute atomic E-state index is 0.0132. The number of nitrogens with zero attached hydrogens (tertiary/aromatic N) is 5. The van der Waals surface area contributed by atoms with Gasteiger partial charge in [0, 0.05) is 14.1 Å². The zero-order valence-corrected chi connectivity index (χ0v) is 17.3. The number of hydrogen-bond donors (Lipinski definition) is 0. The molecule has 28 heavy (non-hydrogen) atoms. The van der Waals surface area contributed by atoms with Crippen molar-refractivity contribution in [3.8, 4) is 11.6 Å². The Hall–Kier alpha value is -2.65. The lowest BCUT2D eigenvalue weighted by Gasteiger charge is -2.23. The summed E-state index contributed by atoms with van der Waals surface area (Å²) < 4.78 is 8.33. The van der Waals surface area contributed by atoms with Crippen LogP contribution < -0.4 is 0 Å². The van der Waals surface area contributed by atoms with Crippen molar-refractivity contribution in [3.63, 3.8) is 0 Å². The second-order valence-corrected chi connectivity index (χ2v) is 8.34. The van der Waals surface area contributed by atoms with Crippen LogP contribution in [0.1, 0.15) is 18.0 Å². The quantitative estimate of drug-likeness (QED) is 0.445. The van der Waals surface area contributed by atoms with Gasteiger partial charge in [-0.2, -0.15) is 0 Å². The van der Waals surface area contributed by atoms with Crippen LogP contribution in [0.25, 0.3) is 21.8 Å². The van der Waals surface area contributed by atoms with Crippen molar-refractivity contribution in [2.75, 3.05) is 12.8 Å². The zero-order chi connectivity index (χ0) is 19.7. The Morgan fingerprint density at radius 1 is 1.29 bits per heavy atom. The van der Waals surface area contributed by atoms with Gasteiger partial charge in [0.05, 0.1) is 28.3 Å². The third-order valence-corrected chi connectivity index (χ3v) is 6.76. The predicted molar refractivity (Wildman–Crippen MR) is 110 cm³/mol. The molecule has 0 aliphatic rings. The maximum atomic E-state index is 12.7. The molecule has 4 aromatic rings. The van der Waals surface area contributed by atoms with Crippen molar-refractivity contribution in [2.45, 2.75) is 18.1 Å². The van der Waals surface area contributed by atoms with Crippen LogP contribution in [-0.4, -0.2) is 43.4 Å². The minimum atomic E-state index is -0.0938. The molecule has 0 saturated heterocycles. The minimum Gasteiger partial charge on any atom is -0.461 e. The number of amides is 1. The van der Waals surface area contributed by atoms with E-state index in [1.807, 2.05) is 55.9 Å². The molecule has 0 saturated carbocycles. The summed E-state index contributed by atoms with van der Waals surface area (Å²) in [5.74, 6) is 1.57. The van der Waals surface area contributed by atoms with E-state index in [1.54, 1.807) is 28.6 Å². The van der Waals surface area contributed by atoms with Crippen LogP contribution in [0.2, 0.25) is 0 Å². The number of aromatic nitrogens is 4. The molecule has 0 aliphatic carbocycles. The molecule has 3 aromatic heterocycles. The standard InChI is InChI=1S/C19H19N5O2S2/c1-12(18-20-13-7-4-5-9-15(13)28-18)23(2)16(25)11-27-19-22-21-17(24(19)3)14-8-6-10-26-14/h4-10,12H,11H2,1-3H3/t12-/m1/s1. The fraction of sp³-hybridized carbons (Fsp3) is 0.263. The van der Waals surface area contributed by atoms with Crippen molar-refractivity contribution < 1.29 is 9.21 Å². The summed E-state index contributed by atoms with van der Waals surface area (Å²) in [7, 11) is 3.67. The molecule has 0 fully saturated rings. The molecule has 3 heterocycles. The molecule has 7 nitrogen and oxygen atoms in total. The molecule has 0 N–H and O–H groups in total. The molecule has 0 aliphatic heterocycles. The molecule has 0 unspecified atom stereocenters. The van der Waals surface area contributed by atoms with Gasteiger partial charge in [-0.25, -0.2) is 4.98 Å². The first-order chi connectivity index (χ1) is 13.5. The van der Waals surface area contributed by atoms with Crippen LogP contribution in [0, 0.1) is 0 Å². The first kappa shape index (κ1) is 18.7. The second kappa shape index (κ2) is 7.76. The van der Waals surface area contributed by atoms with Crippen molar-refractivity contribution >= 4 is 39.2 Å². The Morgan fingerprint density at radius 2 is 2.11 bits per heavy atom. The number of carbonyl (C=O) groups excluding carboxylic acids is 1. The van der Waals surface area contributed by atoms with E-state index in [0.717, 1.165) is 15.2 Å². The van der Waals surface area contributed by atoms with Crippen LogP contribution >= 0.6 is 23.1 Å². The van der Waals surface area contributed by atoms with E-state index < -0.39 is 0 Å². The molecule has 1 aromatic carbocycles. The van der Waals surface area contributed by atoms with Crippen LogP contribution in [-0.2, 0) is 11.8 Å². The highest BCUT2D eigenvalue weighted by Crippen LogP contribution is 2.29. The summed E-state index contributed by atoms with van der Waals surface area (Å²) in [5, 5.41) is 9.92. The third kappa shape index (κ3) is 3.55. The molecule has 9 heteroatoms. The molecule has 1 atom stereocenters. The average Bonchev–Trinajstić information content (AvgIpc) is 3.44. The van der Waals surface area contributed by atoms with Gasteiger partial charge in [0.2, 0.25) is 5.91 Å². The number of furan rings is 1. The van der Waals surface area contributed by atoms with Gasteiger partial charge in [0.1, 0.15) is 5.01 Å². The van der Waals surface area contributed by atoms with Gasteiger partial charge < -0.3 is 13.9 Å². The van der Waals surface area contributed by atoms with Crippen LogP contribution in [0.15, 0.2) is 52.2 Å². The molecule has 1 amide bonds. The number of benzene rings is 1. The van der Waals surface area contributed by atoms with Crippen molar-refractivity contribution in [1.29, 1.82) is 0 Å². The normalized spacial score (nSPS) is 12.4. The summed E-state index contributed by atoms with van der Waals surface area (Å²) in [4.78, 5) is 19.1. The van der Waals surface area contributed by atoms with Crippen LogP contribution in [0.4, 0.5) is 0 Å². The lowest BCUT2D eigenvalue weighted by molar-refractivity contribution is -0.128. The van der Waals surface area contributed by atoms with Gasteiger partial charge in [0.25, 0.3) is 0 Å². The van der Waals surface area contributed by atoms with E-state index in [2.05, 4.69) is 15.2 Å². The first-order valence-electron chi connectivity index (χ1n) is 8.72. The number of para-hydroxylation sites is 1. The Kier molecular flexibility index (Phi) is 5.19. The van der Waals surface area contributed by atoms with Gasteiger partial charge in [0.15, 0.2) is 16.7 Å². The summed E-state index contributed by atoms with van der Waals surface area (Å²) in [6, 6.07) is 11.5. The third-order valence-electron chi connectivity index (χ3n) is 4.54. The molecule has 4 rings (SSSR count). The summed E-state index contributed by atoms with van der Waals surface area (Å²) in [6.07, 6.45) is 1.60. The number of fused-ring (bicyclic) bond motifs is 1. The molecule has 0 radical (unpaired) electrons. The summed E-state index contributed by atoms with van der Waals surface area (Å²) in [6.45, 7) is 2.00. The lowest BCUT2D eigenvalue weighted by atomic mass is 10.3. The van der Waals surface area contributed by atoms with Crippen LogP contribution in [0.5, 0.6) is 0 Å². The van der Waals surface area contributed by atoms with E-state index in [1.165, 1.54) is 11.8 Å². The molecular formula is C19H19N5O2S2. The Labute approximate surface area is 170 Å². The maximum absolute atomic E-state index is 12.7. The number of hydrogen-bond acceptors (Lipinski definition) is 7. The van der Waals surface area contributed by atoms with E-state index in [9.17, 15) is 4.79 Å². The number of rotatable bonds is 6. The number of carbonyl (C=O) groups is 1. The SMILES string of the molecule is C[C@H](c1nc2ccccc2s1)N(C)C(=O)CSc1nnc(-c2ccco2)n1C. The van der Waals surface area contributed by atoms with Crippen molar-refractivity contribution in [1.82, 2.24) is 24.6 Å². The van der Waals surface area contributed by atoms with Gasteiger partial charge in [-0.3, -0.25) is 4.79 Å². The van der Waals surface area contributed by atoms with Crippen molar-refractivity contribution in [3.05, 3.63) is 47.7 Å². The second-order valence-electron chi connectivity index (χ2n) is 6.33. The van der Waals surface area contributed by atoms with E-state index in [4.69, 9.17) is 4.42 Å². The monoisotopic (exact) mass is 413 g/mol. The fourth-order valence-electron chi connectivity index (χ4n) is 2.74. The largest absolute Gasteiger partial charge is 0.461 e. The Morgan fingerprint density at radius 3 is 2.86 bits per heavy atom. The van der Waals surface area contributed by atoms with Crippen LogP contribution in [0.3, 0.4) is 0 Å². The smallest absolute Gasteiger partial charge is 0.233 e. The molecule has 0 bridgehead atoms. The number of thiazole rings is 1. The Balaban J connectivity index is 1.42. The first-order valence-corrected chi connectivity index (χ1v) is 10.5. The molecule has 144 valence electrons. The number of thioether (sulfide) groups is 1. The highest BCUT2D eigenvalue weighted by atomic mass is 32.2. The average molecular weight is 414 g/mol. The lowest BCUT2D eigenvalue weighted by Crippen LogP contribution is -2.31. The van der Waals surface area contributed by atoms with Gasteiger partial charge in [-0.1, -0.05) is 23.9 Å². The summed E-state index contributed by atoms with van der Waals surface area (Å²) in [5.41, 5.74) is 0.967. The highest BCUT2D eigenvalue weighted by Gasteiger charge is 2.22. The predicted octanol–water partition coefficient (Wildman–Crippen LogP) is 4.00. The van der Waals surface area contributed by atoms with E-state index >= 15 is 0 Å². The van der Waals surface area contributed by atoms with Gasteiger partial charge in [-0.15, -0.1) is 21.5 Å².